The number of aromatic nitrogens is 1. The van der Waals surface area contributed by atoms with Gasteiger partial charge in [-0.1, -0.05) is 20.4 Å². The smallest absolute Gasteiger partial charge is 0.137 e. The fraction of sp³-hybridized carbons (Fsp3) is 0.368. The van der Waals surface area contributed by atoms with Crippen molar-refractivity contribution in [3.05, 3.63) is 40.9 Å². The monoisotopic (exact) mass is 342 g/mol. The number of benzene rings is 1. The van der Waals surface area contributed by atoms with Crippen molar-refractivity contribution in [1.82, 2.24) is 4.98 Å². The molecule has 1 aromatic heterocycles. The van der Waals surface area contributed by atoms with Crippen LogP contribution in [0.4, 0.5) is 0 Å². The Hall–Kier alpha value is -2.32. The van der Waals surface area contributed by atoms with Crippen LogP contribution in [0, 0.1) is 24.2 Å². The quantitative estimate of drug-likeness (QED) is 0.662. The van der Waals surface area contributed by atoms with Crippen molar-refractivity contribution in [2.75, 3.05) is 13.2 Å². The molecular formula is C19H22N2O2S. The third-order valence-electron chi connectivity index (χ3n) is 3.29. The second-order valence-electron chi connectivity index (χ2n) is 5.82. The van der Waals surface area contributed by atoms with Gasteiger partial charge in [0.15, 0.2) is 0 Å². The van der Waals surface area contributed by atoms with E-state index < -0.39 is 0 Å². The van der Waals surface area contributed by atoms with Gasteiger partial charge in [-0.25, -0.2) is 4.98 Å². The zero-order valence-electron chi connectivity index (χ0n) is 14.5. The van der Waals surface area contributed by atoms with Crippen LogP contribution in [0.15, 0.2) is 24.8 Å². The molecule has 0 spiro atoms. The number of hydrogen-bond donors (Lipinski definition) is 0. The van der Waals surface area contributed by atoms with E-state index in [9.17, 15) is 5.26 Å². The van der Waals surface area contributed by atoms with Gasteiger partial charge in [0.05, 0.1) is 29.3 Å². The molecule has 0 aliphatic carbocycles. The number of rotatable bonds is 7. The van der Waals surface area contributed by atoms with Crippen LogP contribution in [0.1, 0.15) is 36.9 Å². The van der Waals surface area contributed by atoms with Crippen LogP contribution < -0.4 is 4.74 Å². The fourth-order valence-electron chi connectivity index (χ4n) is 2.15. The number of thiazole rings is 1. The SMILES string of the molecule is C=C(OCC)c1sc(-c2ccc(OCC(C)C)c(C#N)c2)nc1C. The van der Waals surface area contributed by atoms with Crippen molar-refractivity contribution < 1.29 is 9.47 Å². The van der Waals surface area contributed by atoms with Crippen LogP contribution in [-0.4, -0.2) is 18.2 Å². The lowest BCUT2D eigenvalue weighted by Crippen LogP contribution is -2.05. The standard InChI is InChI=1S/C19H22N2O2S/c1-6-22-14(5)18-13(4)21-19(24-18)15-7-8-17(16(9-15)10-20)23-11-12(2)3/h7-9,12H,5-6,11H2,1-4H3. The average molecular weight is 342 g/mol. The Morgan fingerprint density at radius 1 is 1.42 bits per heavy atom. The predicted molar refractivity (Wildman–Crippen MR) is 98.0 cm³/mol. The highest BCUT2D eigenvalue weighted by Crippen LogP contribution is 2.34. The summed E-state index contributed by atoms with van der Waals surface area (Å²) in [5, 5.41) is 10.2. The zero-order valence-corrected chi connectivity index (χ0v) is 15.4. The zero-order chi connectivity index (χ0) is 17.7. The molecule has 0 unspecified atom stereocenters. The topological polar surface area (TPSA) is 55.1 Å². The summed E-state index contributed by atoms with van der Waals surface area (Å²) in [5.74, 6) is 1.66. The number of nitriles is 1. The fourth-order valence-corrected chi connectivity index (χ4v) is 3.14. The molecule has 126 valence electrons. The van der Waals surface area contributed by atoms with E-state index in [1.54, 1.807) is 0 Å². The van der Waals surface area contributed by atoms with Crippen LogP contribution in [0.2, 0.25) is 0 Å². The Bertz CT molecular complexity index is 772. The number of nitrogens with zero attached hydrogens (tertiary/aromatic N) is 2. The maximum absolute atomic E-state index is 9.39. The van der Waals surface area contributed by atoms with Gasteiger partial charge in [-0.15, -0.1) is 11.3 Å². The minimum Gasteiger partial charge on any atom is -0.493 e. The first-order valence-corrected chi connectivity index (χ1v) is 8.74. The molecule has 1 aromatic carbocycles. The van der Waals surface area contributed by atoms with E-state index in [2.05, 4.69) is 31.5 Å². The highest BCUT2D eigenvalue weighted by Gasteiger charge is 2.14. The van der Waals surface area contributed by atoms with Gasteiger partial charge < -0.3 is 9.47 Å². The maximum atomic E-state index is 9.39. The Kier molecular flexibility index (Phi) is 5.99. The normalized spacial score (nSPS) is 10.5. The van der Waals surface area contributed by atoms with Crippen LogP contribution in [0.25, 0.3) is 16.3 Å². The first-order chi connectivity index (χ1) is 11.5. The molecule has 0 saturated carbocycles. The first kappa shape index (κ1) is 18.0. The van der Waals surface area contributed by atoms with Crippen LogP contribution >= 0.6 is 11.3 Å². The van der Waals surface area contributed by atoms with Crippen molar-refractivity contribution in [3.8, 4) is 22.4 Å². The second kappa shape index (κ2) is 7.98. The van der Waals surface area contributed by atoms with E-state index in [1.165, 1.54) is 11.3 Å². The van der Waals surface area contributed by atoms with Crippen LogP contribution in [0.3, 0.4) is 0 Å². The molecule has 24 heavy (non-hydrogen) atoms. The Morgan fingerprint density at radius 2 is 2.17 bits per heavy atom. The first-order valence-electron chi connectivity index (χ1n) is 7.93. The van der Waals surface area contributed by atoms with Gasteiger partial charge >= 0.3 is 0 Å². The van der Waals surface area contributed by atoms with Crippen molar-refractivity contribution in [2.45, 2.75) is 27.7 Å². The van der Waals surface area contributed by atoms with E-state index in [0.29, 0.717) is 36.2 Å². The third-order valence-corrected chi connectivity index (χ3v) is 4.54. The van der Waals surface area contributed by atoms with Gasteiger partial charge in [0.2, 0.25) is 0 Å². The Balaban J connectivity index is 2.31. The maximum Gasteiger partial charge on any atom is 0.137 e. The van der Waals surface area contributed by atoms with Gasteiger partial charge in [-0.05, 0) is 38.0 Å². The Labute approximate surface area is 147 Å². The summed E-state index contributed by atoms with van der Waals surface area (Å²) in [7, 11) is 0. The second-order valence-corrected chi connectivity index (χ2v) is 6.82. The van der Waals surface area contributed by atoms with Gasteiger partial charge in [-0.3, -0.25) is 0 Å². The van der Waals surface area contributed by atoms with E-state index >= 15 is 0 Å². The van der Waals surface area contributed by atoms with E-state index in [1.807, 2.05) is 32.0 Å². The molecule has 2 aromatic rings. The van der Waals surface area contributed by atoms with E-state index in [-0.39, 0.29) is 0 Å². The van der Waals surface area contributed by atoms with E-state index in [4.69, 9.17) is 9.47 Å². The molecule has 0 saturated heterocycles. The van der Waals surface area contributed by atoms with Crippen molar-refractivity contribution in [3.63, 3.8) is 0 Å². The van der Waals surface area contributed by atoms with Crippen LogP contribution in [-0.2, 0) is 4.74 Å². The molecule has 0 bridgehead atoms. The molecule has 4 nitrogen and oxygen atoms in total. The molecule has 0 radical (unpaired) electrons. The molecule has 0 N–H and O–H groups in total. The lowest BCUT2D eigenvalue weighted by Gasteiger charge is -2.10. The lowest BCUT2D eigenvalue weighted by atomic mass is 10.1. The molecule has 0 atom stereocenters. The number of ether oxygens (including phenoxy) is 2. The molecular weight excluding hydrogens is 320 g/mol. The molecule has 0 aliphatic rings. The van der Waals surface area contributed by atoms with Crippen molar-refractivity contribution >= 4 is 17.1 Å². The summed E-state index contributed by atoms with van der Waals surface area (Å²) in [4.78, 5) is 5.53. The molecule has 0 fully saturated rings. The van der Waals surface area contributed by atoms with Crippen molar-refractivity contribution in [2.24, 2.45) is 5.92 Å². The number of hydrogen-bond acceptors (Lipinski definition) is 5. The molecule has 0 aliphatic heterocycles. The Morgan fingerprint density at radius 3 is 2.79 bits per heavy atom. The summed E-state index contributed by atoms with van der Waals surface area (Å²) >= 11 is 1.52. The lowest BCUT2D eigenvalue weighted by molar-refractivity contribution is 0.270. The van der Waals surface area contributed by atoms with Gasteiger partial charge in [0.25, 0.3) is 0 Å². The van der Waals surface area contributed by atoms with Crippen molar-refractivity contribution in [1.29, 1.82) is 5.26 Å². The number of aryl methyl sites for hydroxylation is 1. The molecule has 2 rings (SSSR count). The summed E-state index contributed by atoms with van der Waals surface area (Å²) in [6.07, 6.45) is 0. The van der Waals surface area contributed by atoms with Gasteiger partial charge in [0.1, 0.15) is 22.6 Å². The summed E-state index contributed by atoms with van der Waals surface area (Å²) in [5.41, 5.74) is 2.30. The summed E-state index contributed by atoms with van der Waals surface area (Å²) < 4.78 is 11.2. The minimum atomic E-state index is 0.407. The third kappa shape index (κ3) is 4.15. The predicted octanol–water partition coefficient (Wildman–Crippen LogP) is 5.03. The molecule has 5 heteroatoms. The summed E-state index contributed by atoms with van der Waals surface area (Å²) in [6.45, 7) is 13.1. The van der Waals surface area contributed by atoms with E-state index in [0.717, 1.165) is 21.1 Å². The van der Waals surface area contributed by atoms with Crippen LogP contribution in [0.5, 0.6) is 5.75 Å². The largest absolute Gasteiger partial charge is 0.493 e. The minimum absolute atomic E-state index is 0.407. The highest BCUT2D eigenvalue weighted by atomic mass is 32.1. The van der Waals surface area contributed by atoms with Gasteiger partial charge in [0, 0.05) is 5.56 Å². The highest BCUT2D eigenvalue weighted by molar-refractivity contribution is 7.16. The van der Waals surface area contributed by atoms with Gasteiger partial charge in [-0.2, -0.15) is 5.26 Å². The average Bonchev–Trinajstić information content (AvgIpc) is 2.94. The molecule has 0 amide bonds. The molecule has 1 heterocycles. The summed E-state index contributed by atoms with van der Waals surface area (Å²) in [6, 6.07) is 7.79.